The van der Waals surface area contributed by atoms with Crippen molar-refractivity contribution in [1.82, 2.24) is 19.9 Å². The number of benzene rings is 2. The van der Waals surface area contributed by atoms with E-state index in [2.05, 4.69) is 35.9 Å². The molecular weight excluding hydrogens is 595 g/mol. The van der Waals surface area contributed by atoms with E-state index < -0.39 is 23.6 Å². The van der Waals surface area contributed by atoms with Crippen LogP contribution >= 0.6 is 22.7 Å². The Balaban J connectivity index is 0.000000180. The largest absolute Gasteiger partial charge is 0.444 e. The number of aromatic nitrogens is 4. The van der Waals surface area contributed by atoms with Crippen molar-refractivity contribution in [2.45, 2.75) is 26.4 Å². The van der Waals surface area contributed by atoms with Crippen LogP contribution in [0.3, 0.4) is 0 Å². The van der Waals surface area contributed by atoms with E-state index in [0.29, 0.717) is 21.9 Å². The van der Waals surface area contributed by atoms with Crippen LogP contribution in [0.4, 0.5) is 46.8 Å². The Kier molecular flexibility index (Phi) is 8.59. The molecule has 0 atom stereocenters. The van der Waals surface area contributed by atoms with E-state index in [-0.39, 0.29) is 0 Å². The van der Waals surface area contributed by atoms with Crippen molar-refractivity contribution >= 4 is 82.5 Å². The third kappa shape index (κ3) is 8.30. The number of halogens is 2. The Bertz CT molecular complexity index is 1910. The smallest absolute Gasteiger partial charge is 0.413 e. The van der Waals surface area contributed by atoms with Crippen LogP contribution in [-0.2, 0) is 4.74 Å². The molecule has 0 saturated heterocycles. The fourth-order valence-corrected chi connectivity index (χ4v) is 5.38. The second-order valence-corrected chi connectivity index (χ2v) is 12.1. The lowest BCUT2D eigenvalue weighted by molar-refractivity contribution is 0.0636. The van der Waals surface area contributed by atoms with Crippen LogP contribution in [-0.4, -0.2) is 31.6 Å². The highest BCUT2D eigenvalue weighted by atomic mass is 32.1. The van der Waals surface area contributed by atoms with Gasteiger partial charge in [0.2, 0.25) is 11.9 Å². The van der Waals surface area contributed by atoms with Gasteiger partial charge >= 0.3 is 6.09 Å². The van der Waals surface area contributed by atoms with E-state index in [1.54, 1.807) is 45.0 Å². The molecule has 0 aliphatic carbocycles. The Morgan fingerprint density at radius 1 is 0.767 bits per heavy atom. The van der Waals surface area contributed by atoms with Crippen molar-refractivity contribution in [3.63, 3.8) is 0 Å². The first-order chi connectivity index (χ1) is 20.5. The van der Waals surface area contributed by atoms with Crippen LogP contribution < -0.4 is 21.7 Å². The standard InChI is InChI=1S/C17H17FN4O2S.C12H9FN4S/c1-17(2,3)24-16(23)22-15-20-11-8-7-10(9-12(11)25-15)19-14-6-4-5-13(18)21-14;13-10-2-1-3-11(17-10)15-7-4-5-8-9(6-7)18-12(14)16-8/h4-9H,1-3H3,(H,19,21)(H,20,22,23);1-6H,(H2,14,16)(H,15,17). The summed E-state index contributed by atoms with van der Waals surface area (Å²) in [6.07, 6.45) is -0.547. The molecule has 2 aromatic carbocycles. The maximum atomic E-state index is 13.2. The molecule has 10 nitrogen and oxygen atoms in total. The highest BCUT2D eigenvalue weighted by Crippen LogP contribution is 2.30. The van der Waals surface area contributed by atoms with Gasteiger partial charge in [0, 0.05) is 11.4 Å². The van der Waals surface area contributed by atoms with Gasteiger partial charge in [0.1, 0.15) is 17.2 Å². The van der Waals surface area contributed by atoms with Crippen molar-refractivity contribution in [2.24, 2.45) is 0 Å². The zero-order valence-corrected chi connectivity index (χ0v) is 24.8. The first-order valence-corrected chi connectivity index (χ1v) is 14.5. The number of ether oxygens (including phenoxy) is 1. The molecule has 0 saturated carbocycles. The molecule has 0 fully saturated rings. The third-order valence-electron chi connectivity index (χ3n) is 5.38. The predicted molar refractivity (Wildman–Crippen MR) is 168 cm³/mol. The summed E-state index contributed by atoms with van der Waals surface area (Å²) in [6.45, 7) is 5.38. The van der Waals surface area contributed by atoms with Crippen LogP contribution in [0.25, 0.3) is 20.4 Å². The van der Waals surface area contributed by atoms with Gasteiger partial charge in [-0.05, 0) is 81.4 Å². The van der Waals surface area contributed by atoms with Gasteiger partial charge in [-0.1, -0.05) is 34.8 Å². The van der Waals surface area contributed by atoms with E-state index in [1.807, 2.05) is 36.4 Å². The summed E-state index contributed by atoms with van der Waals surface area (Å²) in [4.78, 5) is 27.8. The van der Waals surface area contributed by atoms with Gasteiger partial charge in [0.05, 0.1) is 20.4 Å². The second kappa shape index (κ2) is 12.5. The minimum Gasteiger partial charge on any atom is -0.444 e. The minimum absolute atomic E-state index is 0.413. The number of carbonyl (C=O) groups is 1. The molecule has 0 bridgehead atoms. The number of fused-ring (bicyclic) bond motifs is 2. The predicted octanol–water partition coefficient (Wildman–Crippen LogP) is 8.08. The van der Waals surface area contributed by atoms with Crippen LogP contribution in [0.5, 0.6) is 0 Å². The summed E-state index contributed by atoms with van der Waals surface area (Å²) < 4.78 is 33.2. The SMILES string of the molecule is CC(C)(C)OC(=O)Nc1nc2ccc(Nc3cccc(F)n3)cc2s1.Nc1nc2ccc(Nc3cccc(F)n3)cc2s1. The Labute approximate surface area is 253 Å². The summed E-state index contributed by atoms with van der Waals surface area (Å²) in [5.74, 6) is -0.182. The summed E-state index contributed by atoms with van der Waals surface area (Å²) >= 11 is 2.73. The van der Waals surface area contributed by atoms with Gasteiger partial charge in [0.15, 0.2) is 10.3 Å². The van der Waals surface area contributed by atoms with Gasteiger partial charge in [-0.3, -0.25) is 5.32 Å². The number of thiazole rings is 2. The van der Waals surface area contributed by atoms with Gasteiger partial charge in [0.25, 0.3) is 0 Å². The van der Waals surface area contributed by atoms with Crippen LogP contribution in [0.2, 0.25) is 0 Å². The molecule has 43 heavy (non-hydrogen) atoms. The number of hydrogen-bond donors (Lipinski definition) is 4. The average Bonchev–Trinajstić information content (AvgIpc) is 3.49. The molecule has 220 valence electrons. The first kappa shape index (κ1) is 29.5. The fraction of sp³-hybridized carbons (Fsp3) is 0.138. The Hall–Kier alpha value is -4.95. The van der Waals surface area contributed by atoms with Gasteiger partial charge in [-0.2, -0.15) is 8.78 Å². The number of amides is 1. The van der Waals surface area contributed by atoms with Crippen LogP contribution in [0.15, 0.2) is 72.8 Å². The maximum Gasteiger partial charge on any atom is 0.413 e. The number of anilines is 6. The van der Waals surface area contributed by atoms with Crippen molar-refractivity contribution in [1.29, 1.82) is 0 Å². The zero-order valence-electron chi connectivity index (χ0n) is 23.2. The van der Waals surface area contributed by atoms with E-state index >= 15 is 0 Å². The summed E-state index contributed by atoms with van der Waals surface area (Å²) in [5.41, 5.74) is 8.24. The first-order valence-electron chi connectivity index (χ1n) is 12.8. The highest BCUT2D eigenvalue weighted by molar-refractivity contribution is 7.22. The Morgan fingerprint density at radius 2 is 1.30 bits per heavy atom. The van der Waals surface area contributed by atoms with E-state index in [9.17, 15) is 13.6 Å². The third-order valence-corrected chi connectivity index (χ3v) is 7.16. The molecule has 0 radical (unpaired) electrons. The minimum atomic E-state index is -0.574. The summed E-state index contributed by atoms with van der Waals surface area (Å²) in [6, 6.07) is 20.3. The zero-order chi connectivity index (χ0) is 30.6. The molecule has 0 spiro atoms. The molecule has 1 amide bonds. The highest BCUT2D eigenvalue weighted by Gasteiger charge is 2.17. The number of nitrogens with zero attached hydrogens (tertiary/aromatic N) is 4. The number of rotatable bonds is 5. The number of nitrogens with two attached hydrogens (primary N) is 1. The molecule has 5 N–H and O–H groups in total. The topological polar surface area (TPSA) is 140 Å². The normalized spacial score (nSPS) is 11.1. The molecular formula is C29H26F2N8O2S2. The van der Waals surface area contributed by atoms with E-state index in [0.717, 1.165) is 31.8 Å². The fourth-order valence-electron chi connectivity index (χ4n) is 3.72. The number of hydrogen-bond acceptors (Lipinski definition) is 11. The molecule has 4 heterocycles. The molecule has 0 aliphatic rings. The summed E-state index contributed by atoms with van der Waals surface area (Å²) in [7, 11) is 0. The molecule has 6 rings (SSSR count). The number of pyridine rings is 2. The molecule has 0 aliphatic heterocycles. The van der Waals surface area contributed by atoms with Crippen LogP contribution in [0.1, 0.15) is 20.8 Å². The number of carbonyl (C=O) groups excluding carboxylic acids is 1. The summed E-state index contributed by atoms with van der Waals surface area (Å²) in [5, 5.41) is 9.68. The second-order valence-electron chi connectivity index (χ2n) is 10.0. The monoisotopic (exact) mass is 620 g/mol. The molecule has 14 heteroatoms. The lowest BCUT2D eigenvalue weighted by Gasteiger charge is -2.18. The van der Waals surface area contributed by atoms with Gasteiger partial charge in [-0.25, -0.2) is 24.7 Å². The van der Waals surface area contributed by atoms with Crippen LogP contribution in [0, 0.1) is 11.9 Å². The average molecular weight is 621 g/mol. The molecule has 0 unspecified atom stereocenters. The van der Waals surface area contributed by atoms with Crippen molar-refractivity contribution in [2.75, 3.05) is 21.7 Å². The van der Waals surface area contributed by atoms with Crippen molar-refractivity contribution in [3.8, 4) is 0 Å². The Morgan fingerprint density at radius 3 is 1.84 bits per heavy atom. The van der Waals surface area contributed by atoms with Crippen molar-refractivity contribution in [3.05, 3.63) is 84.7 Å². The lowest BCUT2D eigenvalue weighted by atomic mass is 10.2. The van der Waals surface area contributed by atoms with Crippen molar-refractivity contribution < 1.29 is 18.3 Å². The maximum absolute atomic E-state index is 13.2. The number of nitrogen functional groups attached to an aromatic ring is 1. The molecule has 4 aromatic heterocycles. The molecule has 6 aromatic rings. The lowest BCUT2D eigenvalue weighted by Crippen LogP contribution is -2.27. The van der Waals surface area contributed by atoms with E-state index in [4.69, 9.17) is 10.5 Å². The number of nitrogens with one attached hydrogen (secondary N) is 3. The van der Waals surface area contributed by atoms with Gasteiger partial charge in [-0.15, -0.1) is 0 Å². The quantitative estimate of drug-likeness (QED) is 0.141. The van der Waals surface area contributed by atoms with Gasteiger partial charge < -0.3 is 21.1 Å². The van der Waals surface area contributed by atoms with E-state index in [1.165, 1.54) is 34.8 Å².